The normalized spacial score (nSPS) is 41.3. The molecule has 150 valence electrons. The van der Waals surface area contributed by atoms with E-state index >= 15 is 0 Å². The van der Waals surface area contributed by atoms with Gasteiger partial charge in [-0.25, -0.2) is 0 Å². The lowest BCUT2D eigenvalue weighted by molar-refractivity contribution is -0.415. The predicted octanol–water partition coefficient (Wildman–Crippen LogP) is 3.14. The summed E-state index contributed by atoms with van der Waals surface area (Å²) in [5, 5.41) is 0. The van der Waals surface area contributed by atoms with Crippen molar-refractivity contribution >= 4 is 5.71 Å². The molecule has 0 aromatic heterocycles. The van der Waals surface area contributed by atoms with Crippen molar-refractivity contribution in [1.29, 1.82) is 0 Å². The van der Waals surface area contributed by atoms with Crippen LogP contribution in [-0.2, 0) is 18.9 Å². The molecule has 2 saturated carbocycles. The molecule has 4 aliphatic rings. The van der Waals surface area contributed by atoms with E-state index in [1.165, 1.54) is 5.70 Å². The van der Waals surface area contributed by atoms with Crippen LogP contribution in [0.15, 0.2) is 23.5 Å². The Bertz CT molecular complexity index is 667. The van der Waals surface area contributed by atoms with Gasteiger partial charge in [0.15, 0.2) is 17.6 Å². The minimum Gasteiger partial charge on any atom is -0.379 e. The Morgan fingerprint density at radius 2 is 1.44 bits per heavy atom. The van der Waals surface area contributed by atoms with Gasteiger partial charge in [0, 0.05) is 59.7 Å². The van der Waals surface area contributed by atoms with Crippen molar-refractivity contribution in [3.8, 4) is 0 Å². The molecule has 0 bridgehead atoms. The number of nitrogens with zero attached hydrogens (tertiary/aromatic N) is 1. The molecule has 2 fully saturated rings. The van der Waals surface area contributed by atoms with Gasteiger partial charge in [-0.15, -0.1) is 0 Å². The molecule has 0 amide bonds. The molecular weight excluding hydrogens is 342 g/mol. The van der Waals surface area contributed by atoms with Gasteiger partial charge in [0.05, 0.1) is 24.4 Å². The summed E-state index contributed by atoms with van der Waals surface area (Å²) in [5.74, 6) is 1.67. The van der Waals surface area contributed by atoms with Crippen LogP contribution in [0.25, 0.3) is 0 Å². The molecule has 2 aliphatic heterocycles. The predicted molar refractivity (Wildman–Crippen MR) is 104 cm³/mol. The van der Waals surface area contributed by atoms with E-state index in [0.717, 1.165) is 32.1 Å². The van der Waals surface area contributed by atoms with Gasteiger partial charge in [0.2, 0.25) is 0 Å². The lowest BCUT2D eigenvalue weighted by Crippen LogP contribution is -2.49. The smallest absolute Gasteiger partial charge is 0.183 e. The van der Waals surface area contributed by atoms with Crippen molar-refractivity contribution in [3.05, 3.63) is 23.5 Å². The lowest BCUT2D eigenvalue weighted by Gasteiger charge is -2.43. The average molecular weight is 377 g/mol. The summed E-state index contributed by atoms with van der Waals surface area (Å²) in [5.41, 5.74) is 4.52. The van der Waals surface area contributed by atoms with Gasteiger partial charge < -0.3 is 18.9 Å². The van der Waals surface area contributed by atoms with Gasteiger partial charge >= 0.3 is 0 Å². The number of rotatable bonds is 4. The fraction of sp³-hybridized carbons (Fsp3) is 0.773. The van der Waals surface area contributed by atoms with Gasteiger partial charge in [0.1, 0.15) is 0 Å². The van der Waals surface area contributed by atoms with Gasteiger partial charge in [0.25, 0.3) is 0 Å². The summed E-state index contributed by atoms with van der Waals surface area (Å²) in [6.07, 6.45) is 10.7. The van der Waals surface area contributed by atoms with Crippen molar-refractivity contribution < 1.29 is 23.5 Å². The molecule has 7 unspecified atom stereocenters. The van der Waals surface area contributed by atoms with Crippen LogP contribution in [0.5, 0.6) is 0 Å². The second-order valence-corrected chi connectivity index (χ2v) is 8.49. The summed E-state index contributed by atoms with van der Waals surface area (Å²) in [4.78, 5) is 0. The zero-order chi connectivity index (χ0) is 19.1. The number of hydrogen-bond acceptors (Lipinski definition) is 4. The van der Waals surface area contributed by atoms with Crippen LogP contribution in [0.4, 0.5) is 0 Å². The Morgan fingerprint density at radius 1 is 0.815 bits per heavy atom. The van der Waals surface area contributed by atoms with E-state index < -0.39 is 0 Å². The first-order valence-electron chi connectivity index (χ1n) is 10.2. The number of methoxy groups -OCH3 is 4. The van der Waals surface area contributed by atoms with Gasteiger partial charge in [-0.3, -0.25) is 0 Å². The van der Waals surface area contributed by atoms with Gasteiger partial charge in [-0.1, -0.05) is 0 Å². The SMILES string of the molecule is COC1CC2=C(C)[N+]3=C(CC2CC1OC)C1CC(OC)C(OC)CC1C=C3. The Balaban J connectivity index is 1.65. The van der Waals surface area contributed by atoms with Crippen molar-refractivity contribution in [2.75, 3.05) is 28.4 Å². The summed E-state index contributed by atoms with van der Waals surface area (Å²) in [7, 11) is 7.24. The lowest BCUT2D eigenvalue weighted by atomic mass is 9.67. The van der Waals surface area contributed by atoms with E-state index in [-0.39, 0.29) is 24.4 Å². The molecule has 27 heavy (non-hydrogen) atoms. The molecule has 5 heteroatoms. The largest absolute Gasteiger partial charge is 0.379 e. The molecule has 0 aromatic carbocycles. The number of fused-ring (bicyclic) bond motifs is 3. The standard InChI is InChI=1S/C22H34NO4/c1-13-16-11-21(26-4)20(25-3)10-15(16)8-18-17-12-22(27-5)19(24-2)9-14(17)6-7-23(13)18/h6-7,14-15,17,19-22H,8-12H2,1-5H3/q+1. The van der Waals surface area contributed by atoms with Crippen LogP contribution in [0, 0.1) is 17.8 Å². The molecule has 4 rings (SSSR count). The summed E-state index contributed by atoms with van der Waals surface area (Å²) in [6, 6.07) is 0. The van der Waals surface area contributed by atoms with Crippen LogP contribution in [0.3, 0.4) is 0 Å². The zero-order valence-electron chi connectivity index (χ0n) is 17.3. The molecule has 0 radical (unpaired) electrons. The highest BCUT2D eigenvalue weighted by Crippen LogP contribution is 2.45. The monoisotopic (exact) mass is 376 g/mol. The highest BCUT2D eigenvalue weighted by molar-refractivity contribution is 5.85. The summed E-state index contributed by atoms with van der Waals surface area (Å²) >= 11 is 0. The van der Waals surface area contributed by atoms with Crippen molar-refractivity contribution in [2.24, 2.45) is 17.8 Å². The van der Waals surface area contributed by atoms with E-state index in [2.05, 4.69) is 23.8 Å². The quantitative estimate of drug-likeness (QED) is 0.707. The number of hydrogen-bond donors (Lipinski definition) is 0. The number of allylic oxidation sites excluding steroid dienone is 2. The van der Waals surface area contributed by atoms with Crippen LogP contribution in [0.2, 0.25) is 0 Å². The molecule has 0 aromatic rings. The third kappa shape index (κ3) is 3.23. The Kier molecular flexibility index (Phi) is 5.57. The van der Waals surface area contributed by atoms with E-state index in [4.69, 9.17) is 18.9 Å². The van der Waals surface area contributed by atoms with Gasteiger partial charge in [-0.2, -0.15) is 4.58 Å². The van der Waals surface area contributed by atoms with E-state index in [9.17, 15) is 0 Å². The second-order valence-electron chi connectivity index (χ2n) is 8.49. The first kappa shape index (κ1) is 19.3. The summed E-state index contributed by atoms with van der Waals surface area (Å²) in [6.45, 7) is 2.28. The average Bonchev–Trinajstić information content (AvgIpc) is 2.71. The van der Waals surface area contributed by atoms with Crippen LogP contribution in [0.1, 0.15) is 39.0 Å². The molecule has 0 saturated heterocycles. The fourth-order valence-electron chi connectivity index (χ4n) is 5.93. The van der Waals surface area contributed by atoms with E-state index in [1.807, 2.05) is 21.3 Å². The highest BCUT2D eigenvalue weighted by atomic mass is 16.5. The maximum atomic E-state index is 5.79. The van der Waals surface area contributed by atoms with Crippen molar-refractivity contribution in [3.63, 3.8) is 0 Å². The molecule has 2 aliphatic carbocycles. The van der Waals surface area contributed by atoms with Crippen LogP contribution in [-0.4, -0.2) is 63.1 Å². The minimum atomic E-state index is 0.161. The van der Waals surface area contributed by atoms with E-state index in [0.29, 0.717) is 17.8 Å². The van der Waals surface area contributed by atoms with Crippen LogP contribution >= 0.6 is 0 Å². The minimum absolute atomic E-state index is 0.161. The zero-order valence-corrected chi connectivity index (χ0v) is 17.3. The Hall–Kier alpha value is -1.01. The highest BCUT2D eigenvalue weighted by Gasteiger charge is 2.49. The molecule has 0 N–H and O–H groups in total. The third-order valence-corrected chi connectivity index (χ3v) is 7.48. The Morgan fingerprint density at radius 3 is 2.11 bits per heavy atom. The van der Waals surface area contributed by atoms with Crippen molar-refractivity contribution in [2.45, 2.75) is 63.4 Å². The third-order valence-electron chi connectivity index (χ3n) is 7.48. The van der Waals surface area contributed by atoms with Gasteiger partial charge in [-0.05, 0) is 37.2 Å². The Labute approximate surface area is 163 Å². The molecule has 7 atom stereocenters. The number of ether oxygens (including phenoxy) is 4. The first-order valence-corrected chi connectivity index (χ1v) is 10.2. The van der Waals surface area contributed by atoms with Crippen LogP contribution < -0.4 is 0 Å². The topological polar surface area (TPSA) is 39.9 Å². The molecule has 5 nitrogen and oxygen atoms in total. The molecule has 0 spiro atoms. The summed E-state index contributed by atoms with van der Waals surface area (Å²) < 4.78 is 25.5. The molecular formula is C22H34NO4+. The second kappa shape index (κ2) is 7.78. The maximum Gasteiger partial charge on any atom is 0.183 e. The fourth-order valence-corrected chi connectivity index (χ4v) is 5.93. The maximum absolute atomic E-state index is 5.79. The van der Waals surface area contributed by atoms with Crippen molar-refractivity contribution in [1.82, 2.24) is 0 Å². The first-order chi connectivity index (χ1) is 13.1. The van der Waals surface area contributed by atoms with E-state index in [1.54, 1.807) is 18.4 Å². The molecule has 2 heterocycles.